The lowest BCUT2D eigenvalue weighted by Crippen LogP contribution is -2.32. The Hall–Kier alpha value is -4.31. The topological polar surface area (TPSA) is 129 Å². The SMILES string of the molecule is Cc1ccc(N/C(=C\C(=N)C(C)(C)C)NC(=O)Nc2ccc(-c3csc4ncnc(N)c34)c(F)c2)cc1. The van der Waals surface area contributed by atoms with Crippen LogP contribution < -0.4 is 21.7 Å². The number of thiophene rings is 1. The summed E-state index contributed by atoms with van der Waals surface area (Å²) in [7, 11) is 0. The van der Waals surface area contributed by atoms with Crippen LogP contribution in [0.2, 0.25) is 0 Å². The van der Waals surface area contributed by atoms with E-state index < -0.39 is 17.3 Å². The normalized spacial score (nSPS) is 11.9. The van der Waals surface area contributed by atoms with Crippen molar-refractivity contribution in [2.24, 2.45) is 5.41 Å². The molecule has 0 unspecified atom stereocenters. The molecule has 37 heavy (non-hydrogen) atoms. The van der Waals surface area contributed by atoms with E-state index in [1.807, 2.05) is 52.0 Å². The number of fused-ring (bicyclic) bond motifs is 1. The van der Waals surface area contributed by atoms with Gasteiger partial charge in [0.25, 0.3) is 0 Å². The molecule has 6 N–H and O–H groups in total. The van der Waals surface area contributed by atoms with Gasteiger partial charge in [0.1, 0.15) is 28.6 Å². The summed E-state index contributed by atoms with van der Waals surface area (Å²) < 4.78 is 15.1. The first kappa shape index (κ1) is 25.8. The smallest absolute Gasteiger partial charge is 0.324 e. The van der Waals surface area contributed by atoms with E-state index in [1.165, 1.54) is 23.7 Å². The van der Waals surface area contributed by atoms with Gasteiger partial charge >= 0.3 is 6.03 Å². The van der Waals surface area contributed by atoms with Crippen LogP contribution in [0.1, 0.15) is 26.3 Å². The van der Waals surface area contributed by atoms with E-state index in [-0.39, 0.29) is 11.5 Å². The summed E-state index contributed by atoms with van der Waals surface area (Å²) in [5.74, 6) is 0.0749. The number of urea groups is 1. The van der Waals surface area contributed by atoms with Gasteiger partial charge in [-0.3, -0.25) is 5.32 Å². The number of allylic oxidation sites excluding steroid dienone is 1. The Kier molecular flexibility index (Phi) is 7.21. The summed E-state index contributed by atoms with van der Waals surface area (Å²) in [6, 6.07) is 11.5. The number of aromatic nitrogens is 2. The molecule has 4 rings (SSSR count). The van der Waals surface area contributed by atoms with Gasteiger partial charge in [0.2, 0.25) is 0 Å². The summed E-state index contributed by atoms with van der Waals surface area (Å²) in [5, 5.41) is 19.3. The molecule has 10 heteroatoms. The molecule has 0 radical (unpaired) electrons. The number of rotatable bonds is 6. The maximum Gasteiger partial charge on any atom is 0.324 e. The van der Waals surface area contributed by atoms with Crippen LogP contribution in [0.3, 0.4) is 0 Å². The van der Waals surface area contributed by atoms with Crippen LogP contribution in [0.5, 0.6) is 0 Å². The summed E-state index contributed by atoms with van der Waals surface area (Å²) >= 11 is 1.35. The van der Waals surface area contributed by atoms with Gasteiger partial charge in [0, 0.05) is 45.1 Å². The van der Waals surface area contributed by atoms with Gasteiger partial charge in [-0.15, -0.1) is 11.3 Å². The molecule has 2 aromatic carbocycles. The first-order valence-electron chi connectivity index (χ1n) is 11.5. The Bertz CT molecular complexity index is 1500. The van der Waals surface area contributed by atoms with Crippen molar-refractivity contribution < 1.29 is 9.18 Å². The molecule has 4 aromatic rings. The highest BCUT2D eigenvalue weighted by molar-refractivity contribution is 7.17. The van der Waals surface area contributed by atoms with Crippen LogP contribution in [0.15, 0.2) is 66.1 Å². The van der Waals surface area contributed by atoms with Crippen LogP contribution in [0, 0.1) is 23.6 Å². The molecule has 190 valence electrons. The number of hydrogen-bond acceptors (Lipinski definition) is 7. The number of nitrogen functional groups attached to an aromatic ring is 1. The zero-order valence-electron chi connectivity index (χ0n) is 20.9. The van der Waals surface area contributed by atoms with Crippen LogP contribution in [-0.2, 0) is 0 Å². The molecule has 0 spiro atoms. The van der Waals surface area contributed by atoms with Crippen molar-refractivity contribution in [2.45, 2.75) is 27.7 Å². The van der Waals surface area contributed by atoms with E-state index >= 15 is 4.39 Å². The van der Waals surface area contributed by atoms with E-state index in [9.17, 15) is 4.79 Å². The molecule has 0 bridgehead atoms. The number of halogens is 1. The highest BCUT2D eigenvalue weighted by Gasteiger charge is 2.18. The lowest BCUT2D eigenvalue weighted by molar-refractivity contribution is 0.254. The highest BCUT2D eigenvalue weighted by Crippen LogP contribution is 2.37. The van der Waals surface area contributed by atoms with Crippen LogP contribution in [-0.4, -0.2) is 21.7 Å². The fourth-order valence-corrected chi connectivity index (χ4v) is 4.36. The second-order valence-corrected chi connectivity index (χ2v) is 10.4. The van der Waals surface area contributed by atoms with Crippen LogP contribution >= 0.6 is 11.3 Å². The fourth-order valence-electron chi connectivity index (χ4n) is 3.45. The maximum absolute atomic E-state index is 15.1. The number of hydrogen-bond donors (Lipinski definition) is 5. The maximum atomic E-state index is 15.1. The lowest BCUT2D eigenvalue weighted by Gasteiger charge is -2.20. The standard InChI is InChI=1S/C27H28FN7OS/c1-15-5-7-16(8-6-15)33-22(12-21(29)27(2,3)4)35-26(36)34-17-9-10-18(20(28)11-17)19-13-37-25-23(19)24(30)31-14-32-25/h5-14,29,33H,1-4H3,(H2,30,31,32)(H2,34,35,36)/b22-12+,29-21?. The Morgan fingerprint density at radius 1 is 1.05 bits per heavy atom. The predicted octanol–water partition coefficient (Wildman–Crippen LogP) is 6.53. The summed E-state index contributed by atoms with van der Waals surface area (Å²) in [4.78, 5) is 21.7. The summed E-state index contributed by atoms with van der Waals surface area (Å²) in [6.45, 7) is 7.72. The van der Waals surface area contributed by atoms with Gasteiger partial charge in [-0.1, -0.05) is 38.5 Å². The van der Waals surface area contributed by atoms with Gasteiger partial charge in [0.05, 0.1) is 5.39 Å². The first-order chi connectivity index (χ1) is 17.5. The third-order valence-corrected chi connectivity index (χ3v) is 6.48. The summed E-state index contributed by atoms with van der Waals surface area (Å²) in [5.41, 5.74) is 8.94. The lowest BCUT2D eigenvalue weighted by atomic mass is 9.90. The molecular formula is C27H28FN7OS. The van der Waals surface area contributed by atoms with E-state index in [4.69, 9.17) is 11.1 Å². The van der Waals surface area contributed by atoms with E-state index in [1.54, 1.807) is 23.6 Å². The summed E-state index contributed by atoms with van der Waals surface area (Å²) in [6.07, 6.45) is 2.94. The van der Waals surface area contributed by atoms with Gasteiger partial charge in [-0.2, -0.15) is 0 Å². The van der Waals surface area contributed by atoms with Crippen molar-refractivity contribution in [3.63, 3.8) is 0 Å². The second-order valence-electron chi connectivity index (χ2n) is 9.57. The Morgan fingerprint density at radius 3 is 2.43 bits per heavy atom. The average molecular weight is 518 g/mol. The van der Waals surface area contributed by atoms with E-state index in [0.29, 0.717) is 32.9 Å². The minimum absolute atomic E-state index is 0.267. The van der Waals surface area contributed by atoms with Crippen molar-refractivity contribution in [2.75, 3.05) is 16.4 Å². The number of anilines is 3. The molecule has 0 atom stereocenters. The van der Waals surface area contributed by atoms with Crippen molar-refractivity contribution in [3.05, 3.63) is 77.4 Å². The van der Waals surface area contributed by atoms with Crippen molar-refractivity contribution in [1.29, 1.82) is 5.41 Å². The Labute approximate surface area is 218 Å². The zero-order chi connectivity index (χ0) is 26.7. The molecular weight excluding hydrogens is 489 g/mol. The van der Waals surface area contributed by atoms with Crippen molar-refractivity contribution >= 4 is 50.5 Å². The molecule has 0 saturated heterocycles. The molecule has 0 aliphatic heterocycles. The number of nitrogens with one attached hydrogen (secondary N) is 4. The average Bonchev–Trinajstić information content (AvgIpc) is 3.25. The van der Waals surface area contributed by atoms with Gasteiger partial charge in [-0.05, 0) is 37.3 Å². The number of benzene rings is 2. The monoisotopic (exact) mass is 517 g/mol. The molecule has 0 saturated carbocycles. The quantitative estimate of drug-likeness (QED) is 0.186. The Morgan fingerprint density at radius 2 is 1.76 bits per heavy atom. The highest BCUT2D eigenvalue weighted by atomic mass is 32.1. The third kappa shape index (κ3) is 6.10. The molecule has 0 fully saturated rings. The minimum Gasteiger partial charge on any atom is -0.383 e. The van der Waals surface area contributed by atoms with Gasteiger partial charge < -0.3 is 21.8 Å². The number of carbonyl (C=O) groups is 1. The number of carbonyl (C=O) groups excluding carboxylic acids is 1. The number of nitrogens with two attached hydrogens (primary N) is 1. The third-order valence-electron chi connectivity index (χ3n) is 5.59. The van der Waals surface area contributed by atoms with E-state index in [2.05, 4.69) is 25.9 Å². The van der Waals surface area contributed by atoms with Crippen LogP contribution in [0.25, 0.3) is 21.3 Å². The van der Waals surface area contributed by atoms with Crippen molar-refractivity contribution in [3.8, 4) is 11.1 Å². The molecule has 0 aliphatic carbocycles. The fraction of sp³-hybridized carbons (Fsp3) is 0.185. The van der Waals surface area contributed by atoms with E-state index in [0.717, 1.165) is 11.3 Å². The molecule has 8 nitrogen and oxygen atoms in total. The largest absolute Gasteiger partial charge is 0.383 e. The van der Waals surface area contributed by atoms with Crippen LogP contribution in [0.4, 0.5) is 26.4 Å². The van der Waals surface area contributed by atoms with Gasteiger partial charge in [-0.25, -0.2) is 19.2 Å². The molecule has 2 heterocycles. The molecule has 0 aliphatic rings. The van der Waals surface area contributed by atoms with Gasteiger partial charge in [0.15, 0.2) is 0 Å². The Balaban J connectivity index is 1.53. The molecule has 2 amide bonds. The first-order valence-corrected chi connectivity index (χ1v) is 12.4. The number of aryl methyl sites for hydroxylation is 1. The molecule has 2 aromatic heterocycles. The zero-order valence-corrected chi connectivity index (χ0v) is 21.8. The van der Waals surface area contributed by atoms with Crippen molar-refractivity contribution in [1.82, 2.24) is 15.3 Å². The number of amides is 2. The minimum atomic E-state index is -0.585. The second kappa shape index (κ2) is 10.4. The predicted molar refractivity (Wildman–Crippen MR) is 149 cm³/mol. The number of nitrogens with zero attached hydrogens (tertiary/aromatic N) is 2.